The molecule has 0 spiro atoms. The highest BCUT2D eigenvalue weighted by molar-refractivity contribution is 9.10. The van der Waals surface area contributed by atoms with Gasteiger partial charge < -0.3 is 5.32 Å². The lowest BCUT2D eigenvalue weighted by Gasteiger charge is -2.16. The molecule has 0 atom stereocenters. The molecule has 0 aliphatic carbocycles. The number of alkyl halides is 3. The number of rotatable bonds is 4. The van der Waals surface area contributed by atoms with Crippen molar-refractivity contribution in [1.29, 1.82) is 0 Å². The van der Waals surface area contributed by atoms with Crippen LogP contribution < -0.4 is 5.32 Å². The second kappa shape index (κ2) is 7.03. The molecule has 8 nitrogen and oxygen atoms in total. The maximum absolute atomic E-state index is 13.0. The van der Waals surface area contributed by atoms with E-state index in [9.17, 15) is 33.4 Å². The number of benzene rings is 1. The Morgan fingerprint density at radius 1 is 1.11 bits per heavy atom. The Kier molecular flexibility index (Phi) is 5.48. The van der Waals surface area contributed by atoms with Crippen molar-refractivity contribution in [2.24, 2.45) is 0 Å². The van der Waals surface area contributed by atoms with Crippen LogP contribution in [0.25, 0.3) is 0 Å². The van der Waals surface area contributed by atoms with Crippen LogP contribution in [0.5, 0.6) is 0 Å². The summed E-state index contributed by atoms with van der Waals surface area (Å²) < 4.78 is 43.5. The van der Waals surface area contributed by atoms with Gasteiger partial charge in [0.15, 0.2) is 5.69 Å². The van der Waals surface area contributed by atoms with E-state index >= 15 is 0 Å². The molecule has 0 amide bonds. The number of hydrogen-bond donors (Lipinski definition) is 1. The Morgan fingerprint density at radius 2 is 1.59 bits per heavy atom. The summed E-state index contributed by atoms with van der Waals surface area (Å²) in [5.41, 5.74) is -4.06. The van der Waals surface area contributed by atoms with Gasteiger partial charge in [-0.2, -0.15) is 17.5 Å². The average molecular weight is 469 g/mol. The number of anilines is 2. The van der Waals surface area contributed by atoms with Gasteiger partial charge in [0.1, 0.15) is 5.00 Å². The van der Waals surface area contributed by atoms with Crippen molar-refractivity contribution in [2.75, 3.05) is 5.32 Å². The van der Waals surface area contributed by atoms with E-state index in [4.69, 9.17) is 0 Å². The number of nitrogens with one attached hydrogen (secondary N) is 1. The molecule has 0 aliphatic heterocycles. The first-order chi connectivity index (χ1) is 12.2. The van der Waals surface area contributed by atoms with Crippen LogP contribution in [0, 0.1) is 20.2 Å². The number of hydrogen-bond acceptors (Lipinski definition) is 7. The number of aromatic nitrogens is 1. The molecule has 146 valence electrons. The maximum Gasteiger partial charge on any atom is 0.416 e. The molecular weight excluding hydrogens is 457 g/mol. The zero-order chi connectivity index (χ0) is 20.7. The Labute approximate surface area is 163 Å². The third-order valence-electron chi connectivity index (χ3n) is 3.40. The Balaban J connectivity index is 2.68. The molecule has 0 bridgehead atoms. The fraction of sp³-hybridized carbons (Fsp3) is 0.357. The Morgan fingerprint density at radius 3 is 1.93 bits per heavy atom. The van der Waals surface area contributed by atoms with Gasteiger partial charge in [-0.05, 0) is 27.5 Å². The topological polar surface area (TPSA) is 111 Å². The second-order valence-corrected chi connectivity index (χ2v) is 8.02. The third-order valence-corrected chi connectivity index (χ3v) is 5.20. The van der Waals surface area contributed by atoms with Crippen LogP contribution in [-0.2, 0) is 11.6 Å². The van der Waals surface area contributed by atoms with Gasteiger partial charge in [-0.15, -0.1) is 0 Å². The minimum Gasteiger partial charge on any atom is -0.334 e. The lowest BCUT2D eigenvalue weighted by atomic mass is 9.92. The minimum absolute atomic E-state index is 0.200. The highest BCUT2D eigenvalue weighted by Gasteiger charge is 2.38. The molecular formula is C14H12BrF3N4O4S. The van der Waals surface area contributed by atoms with Gasteiger partial charge in [-0.25, -0.2) is 0 Å². The van der Waals surface area contributed by atoms with Gasteiger partial charge in [0.05, 0.1) is 25.6 Å². The van der Waals surface area contributed by atoms with Crippen LogP contribution in [-0.4, -0.2) is 14.2 Å². The predicted octanol–water partition coefficient (Wildman–Crippen LogP) is 5.78. The fourth-order valence-electron chi connectivity index (χ4n) is 2.13. The number of halogens is 4. The van der Waals surface area contributed by atoms with E-state index in [1.54, 1.807) is 0 Å². The van der Waals surface area contributed by atoms with Crippen LogP contribution in [0.4, 0.5) is 35.2 Å². The van der Waals surface area contributed by atoms with Crippen molar-refractivity contribution in [1.82, 2.24) is 4.37 Å². The average Bonchev–Trinajstić information content (AvgIpc) is 2.86. The van der Waals surface area contributed by atoms with Gasteiger partial charge in [-0.3, -0.25) is 20.2 Å². The first kappa shape index (κ1) is 21.0. The molecule has 0 saturated carbocycles. The molecule has 0 unspecified atom stereocenters. The first-order valence-electron chi connectivity index (χ1n) is 7.20. The molecule has 0 radical (unpaired) electrons. The third kappa shape index (κ3) is 4.35. The van der Waals surface area contributed by atoms with Gasteiger partial charge in [0, 0.05) is 17.5 Å². The molecule has 2 rings (SSSR count). The lowest BCUT2D eigenvalue weighted by Crippen LogP contribution is -2.12. The summed E-state index contributed by atoms with van der Waals surface area (Å²) in [5.74, 6) is 0. The zero-order valence-electron chi connectivity index (χ0n) is 14.0. The molecule has 0 fully saturated rings. The molecule has 1 heterocycles. The quantitative estimate of drug-likeness (QED) is 0.449. The molecule has 27 heavy (non-hydrogen) atoms. The summed E-state index contributed by atoms with van der Waals surface area (Å²) in [7, 11) is 0. The van der Waals surface area contributed by atoms with Crippen molar-refractivity contribution < 1.29 is 23.0 Å². The number of nitrogens with zero attached hydrogens (tertiary/aromatic N) is 3. The van der Waals surface area contributed by atoms with Crippen LogP contribution in [0.2, 0.25) is 0 Å². The van der Waals surface area contributed by atoms with Gasteiger partial charge in [0.2, 0.25) is 0 Å². The largest absolute Gasteiger partial charge is 0.416 e. The van der Waals surface area contributed by atoms with Crippen LogP contribution >= 0.6 is 27.5 Å². The Hall–Kier alpha value is -2.28. The first-order valence-corrected chi connectivity index (χ1v) is 8.76. The van der Waals surface area contributed by atoms with E-state index in [-0.39, 0.29) is 17.1 Å². The Bertz CT molecular complexity index is 889. The highest BCUT2D eigenvalue weighted by atomic mass is 79.9. The van der Waals surface area contributed by atoms with Gasteiger partial charge >= 0.3 is 6.18 Å². The maximum atomic E-state index is 13.0. The lowest BCUT2D eigenvalue weighted by molar-refractivity contribution is -0.392. The van der Waals surface area contributed by atoms with Crippen molar-refractivity contribution in [3.05, 3.63) is 48.1 Å². The SMILES string of the molecule is CC(C)(C)c1nsc(Nc2c([N+](=O)[O-])cc(C(F)(F)F)cc2[N+](=O)[O-])c1Br. The van der Waals surface area contributed by atoms with Crippen LogP contribution in [0.1, 0.15) is 32.0 Å². The second-order valence-electron chi connectivity index (χ2n) is 6.45. The van der Waals surface area contributed by atoms with Crippen LogP contribution in [0.3, 0.4) is 0 Å². The minimum atomic E-state index is -4.97. The van der Waals surface area contributed by atoms with E-state index in [1.807, 2.05) is 20.8 Å². The van der Waals surface area contributed by atoms with Crippen molar-refractivity contribution in [3.63, 3.8) is 0 Å². The zero-order valence-corrected chi connectivity index (χ0v) is 16.5. The molecule has 2 aromatic rings. The van der Waals surface area contributed by atoms with E-state index in [0.717, 1.165) is 11.5 Å². The van der Waals surface area contributed by atoms with E-state index in [1.165, 1.54) is 0 Å². The summed E-state index contributed by atoms with van der Waals surface area (Å²) in [5, 5.41) is 25.2. The van der Waals surface area contributed by atoms with Crippen molar-refractivity contribution in [2.45, 2.75) is 32.4 Å². The number of nitro groups is 2. The standard InChI is InChI=1S/C14H12BrF3N4O4S/c1-13(2,3)11-9(15)12(27-20-11)19-10-7(21(23)24)4-6(14(16,17)18)5-8(10)22(25)26/h4-5,19H,1-3H3. The van der Waals surface area contributed by atoms with Gasteiger partial charge in [0.25, 0.3) is 11.4 Å². The smallest absolute Gasteiger partial charge is 0.334 e. The fourth-order valence-corrected chi connectivity index (χ4v) is 4.12. The summed E-state index contributed by atoms with van der Waals surface area (Å²) >= 11 is 4.15. The van der Waals surface area contributed by atoms with E-state index in [0.29, 0.717) is 10.2 Å². The molecule has 13 heteroatoms. The van der Waals surface area contributed by atoms with Crippen LogP contribution in [0.15, 0.2) is 16.6 Å². The summed E-state index contributed by atoms with van der Waals surface area (Å²) in [6.45, 7) is 5.58. The normalized spacial score (nSPS) is 12.1. The molecule has 1 aromatic heterocycles. The summed E-state index contributed by atoms with van der Waals surface area (Å²) in [4.78, 5) is 20.3. The van der Waals surface area contributed by atoms with Crippen molar-refractivity contribution >= 4 is 49.5 Å². The summed E-state index contributed by atoms with van der Waals surface area (Å²) in [6, 6.07) is 0.518. The van der Waals surface area contributed by atoms with E-state index < -0.39 is 44.1 Å². The molecule has 0 aliphatic rings. The monoisotopic (exact) mass is 468 g/mol. The number of nitro benzene ring substituents is 2. The highest BCUT2D eigenvalue weighted by Crippen LogP contribution is 2.45. The molecule has 1 aromatic carbocycles. The predicted molar refractivity (Wildman–Crippen MR) is 96.5 cm³/mol. The van der Waals surface area contributed by atoms with Gasteiger partial charge in [-0.1, -0.05) is 20.8 Å². The van der Waals surface area contributed by atoms with E-state index in [2.05, 4.69) is 25.6 Å². The van der Waals surface area contributed by atoms with Crippen molar-refractivity contribution in [3.8, 4) is 0 Å². The molecule has 1 N–H and O–H groups in total. The molecule has 0 saturated heterocycles. The summed E-state index contributed by atoms with van der Waals surface area (Å²) in [6.07, 6.45) is -4.97.